The summed E-state index contributed by atoms with van der Waals surface area (Å²) in [5.41, 5.74) is 1.81. The Morgan fingerprint density at radius 2 is 1.80 bits per heavy atom. The SMILES string of the molecule is Cc1nc(-c2ccccc2)cc(=O)n1CC(=O)Nc1ccc(Cl)cc1. The number of halogens is 1. The van der Waals surface area contributed by atoms with Crippen LogP contribution in [-0.2, 0) is 11.3 Å². The minimum Gasteiger partial charge on any atom is -0.325 e. The number of rotatable bonds is 4. The Morgan fingerprint density at radius 3 is 2.44 bits per heavy atom. The molecule has 1 aromatic heterocycles. The summed E-state index contributed by atoms with van der Waals surface area (Å²) in [6, 6.07) is 17.7. The first-order chi connectivity index (χ1) is 12.0. The molecule has 0 atom stereocenters. The molecule has 3 rings (SSSR count). The Kier molecular flexibility index (Phi) is 4.95. The van der Waals surface area contributed by atoms with Crippen molar-refractivity contribution in [2.45, 2.75) is 13.5 Å². The van der Waals surface area contributed by atoms with E-state index in [0.717, 1.165) is 5.56 Å². The van der Waals surface area contributed by atoms with Crippen LogP contribution in [0.2, 0.25) is 5.02 Å². The number of hydrogen-bond donors (Lipinski definition) is 1. The van der Waals surface area contributed by atoms with Gasteiger partial charge in [0.05, 0.1) is 5.69 Å². The molecule has 0 saturated carbocycles. The largest absolute Gasteiger partial charge is 0.325 e. The number of nitrogens with zero attached hydrogens (tertiary/aromatic N) is 2. The van der Waals surface area contributed by atoms with Crippen molar-refractivity contribution in [3.63, 3.8) is 0 Å². The molecule has 1 heterocycles. The number of aromatic nitrogens is 2. The average molecular weight is 354 g/mol. The summed E-state index contributed by atoms with van der Waals surface area (Å²) in [7, 11) is 0. The third-order valence-electron chi connectivity index (χ3n) is 3.70. The predicted molar refractivity (Wildman–Crippen MR) is 98.8 cm³/mol. The lowest BCUT2D eigenvalue weighted by Gasteiger charge is -2.11. The lowest BCUT2D eigenvalue weighted by molar-refractivity contribution is -0.116. The average Bonchev–Trinajstić information content (AvgIpc) is 2.61. The molecule has 126 valence electrons. The maximum Gasteiger partial charge on any atom is 0.254 e. The summed E-state index contributed by atoms with van der Waals surface area (Å²) < 4.78 is 1.34. The van der Waals surface area contributed by atoms with Crippen LogP contribution in [0.25, 0.3) is 11.3 Å². The molecule has 25 heavy (non-hydrogen) atoms. The first kappa shape index (κ1) is 16.9. The van der Waals surface area contributed by atoms with Gasteiger partial charge in [-0.3, -0.25) is 14.2 Å². The van der Waals surface area contributed by atoms with Crippen molar-refractivity contribution in [3.05, 3.63) is 81.9 Å². The second-order valence-corrected chi connectivity index (χ2v) is 5.97. The van der Waals surface area contributed by atoms with E-state index in [1.54, 1.807) is 31.2 Å². The zero-order valence-corrected chi connectivity index (χ0v) is 14.3. The van der Waals surface area contributed by atoms with Gasteiger partial charge in [0.1, 0.15) is 12.4 Å². The summed E-state index contributed by atoms with van der Waals surface area (Å²) in [6.07, 6.45) is 0. The first-order valence-corrected chi connectivity index (χ1v) is 8.10. The quantitative estimate of drug-likeness (QED) is 0.780. The number of carbonyl (C=O) groups excluding carboxylic acids is 1. The Labute approximate surface area is 149 Å². The van der Waals surface area contributed by atoms with Crippen molar-refractivity contribution in [1.29, 1.82) is 0 Å². The second kappa shape index (κ2) is 7.32. The molecular weight excluding hydrogens is 338 g/mol. The van der Waals surface area contributed by atoms with Crippen molar-refractivity contribution in [2.75, 3.05) is 5.32 Å². The van der Waals surface area contributed by atoms with Crippen molar-refractivity contribution in [1.82, 2.24) is 9.55 Å². The summed E-state index contributed by atoms with van der Waals surface area (Å²) >= 11 is 5.82. The van der Waals surface area contributed by atoms with E-state index < -0.39 is 0 Å². The fraction of sp³-hybridized carbons (Fsp3) is 0.105. The van der Waals surface area contributed by atoms with Crippen LogP contribution in [0.15, 0.2) is 65.5 Å². The van der Waals surface area contributed by atoms with E-state index in [-0.39, 0.29) is 18.0 Å². The molecule has 3 aromatic rings. The van der Waals surface area contributed by atoms with E-state index in [4.69, 9.17) is 11.6 Å². The van der Waals surface area contributed by atoms with Crippen molar-refractivity contribution in [2.24, 2.45) is 0 Å². The summed E-state index contributed by atoms with van der Waals surface area (Å²) in [5.74, 6) is 0.180. The number of anilines is 1. The van der Waals surface area contributed by atoms with E-state index >= 15 is 0 Å². The number of aryl methyl sites for hydroxylation is 1. The predicted octanol–water partition coefficient (Wildman–Crippen LogP) is 3.51. The van der Waals surface area contributed by atoms with Crippen molar-refractivity contribution in [3.8, 4) is 11.3 Å². The molecule has 0 bridgehead atoms. The molecule has 0 aliphatic heterocycles. The molecule has 0 radical (unpaired) electrons. The zero-order valence-electron chi connectivity index (χ0n) is 13.6. The Morgan fingerprint density at radius 1 is 1.12 bits per heavy atom. The highest BCUT2D eigenvalue weighted by atomic mass is 35.5. The molecule has 1 N–H and O–H groups in total. The number of hydrogen-bond acceptors (Lipinski definition) is 3. The van der Waals surface area contributed by atoms with Gasteiger partial charge in [0, 0.05) is 22.3 Å². The number of amides is 1. The third kappa shape index (κ3) is 4.14. The molecule has 0 fully saturated rings. The lowest BCUT2D eigenvalue weighted by atomic mass is 10.1. The van der Waals surface area contributed by atoms with Gasteiger partial charge < -0.3 is 5.32 Å². The standard InChI is InChI=1S/C19H16ClN3O2/c1-13-21-17(14-5-3-2-4-6-14)11-19(25)23(13)12-18(24)22-16-9-7-15(20)8-10-16/h2-11H,12H2,1H3,(H,22,24). The molecule has 0 aliphatic carbocycles. The molecule has 2 aromatic carbocycles. The summed E-state index contributed by atoms with van der Waals surface area (Å²) in [6.45, 7) is 1.61. The summed E-state index contributed by atoms with van der Waals surface area (Å²) in [4.78, 5) is 29.0. The van der Waals surface area contributed by atoms with Crippen LogP contribution in [0.4, 0.5) is 5.69 Å². The Balaban J connectivity index is 1.79. The molecule has 0 unspecified atom stereocenters. The highest BCUT2D eigenvalue weighted by molar-refractivity contribution is 6.30. The number of carbonyl (C=O) groups is 1. The normalized spacial score (nSPS) is 10.5. The van der Waals surface area contributed by atoms with Gasteiger partial charge in [-0.2, -0.15) is 0 Å². The number of nitrogens with one attached hydrogen (secondary N) is 1. The van der Waals surface area contributed by atoms with E-state index in [0.29, 0.717) is 22.2 Å². The molecule has 0 aliphatic rings. The Bertz CT molecular complexity index is 951. The fourth-order valence-electron chi connectivity index (χ4n) is 2.45. The highest BCUT2D eigenvalue weighted by Gasteiger charge is 2.11. The molecular formula is C19H16ClN3O2. The molecule has 6 heteroatoms. The minimum absolute atomic E-state index is 0.102. The van der Waals surface area contributed by atoms with Gasteiger partial charge in [-0.15, -0.1) is 0 Å². The number of benzene rings is 2. The van der Waals surface area contributed by atoms with Crippen molar-refractivity contribution >= 4 is 23.2 Å². The fourth-order valence-corrected chi connectivity index (χ4v) is 2.57. The van der Waals surface area contributed by atoms with Gasteiger partial charge in [0.2, 0.25) is 5.91 Å². The van der Waals surface area contributed by atoms with Gasteiger partial charge in [-0.1, -0.05) is 41.9 Å². The van der Waals surface area contributed by atoms with Crippen LogP contribution in [0.1, 0.15) is 5.82 Å². The maximum absolute atomic E-state index is 12.4. The smallest absolute Gasteiger partial charge is 0.254 e. The van der Waals surface area contributed by atoms with Crippen molar-refractivity contribution < 1.29 is 4.79 Å². The van der Waals surface area contributed by atoms with Crippen LogP contribution >= 0.6 is 11.6 Å². The van der Waals surface area contributed by atoms with Gasteiger partial charge >= 0.3 is 0 Å². The lowest BCUT2D eigenvalue weighted by Crippen LogP contribution is -2.29. The van der Waals surface area contributed by atoms with Gasteiger partial charge in [0.15, 0.2) is 0 Å². The van der Waals surface area contributed by atoms with Crippen LogP contribution in [0.5, 0.6) is 0 Å². The third-order valence-corrected chi connectivity index (χ3v) is 3.95. The molecule has 0 spiro atoms. The Hall–Kier alpha value is -2.92. The molecule has 1 amide bonds. The highest BCUT2D eigenvalue weighted by Crippen LogP contribution is 2.15. The first-order valence-electron chi connectivity index (χ1n) is 7.72. The van der Waals surface area contributed by atoms with Crippen LogP contribution in [0, 0.1) is 6.92 Å². The van der Waals surface area contributed by atoms with E-state index in [1.807, 2.05) is 30.3 Å². The second-order valence-electron chi connectivity index (χ2n) is 5.53. The minimum atomic E-state index is -0.304. The van der Waals surface area contributed by atoms with Crippen LogP contribution < -0.4 is 10.9 Å². The maximum atomic E-state index is 12.4. The molecule has 0 saturated heterocycles. The van der Waals surface area contributed by atoms with Gasteiger partial charge in [0.25, 0.3) is 5.56 Å². The van der Waals surface area contributed by atoms with E-state index in [1.165, 1.54) is 10.6 Å². The monoisotopic (exact) mass is 353 g/mol. The van der Waals surface area contributed by atoms with Crippen LogP contribution in [-0.4, -0.2) is 15.5 Å². The topological polar surface area (TPSA) is 64.0 Å². The van der Waals surface area contributed by atoms with E-state index in [9.17, 15) is 9.59 Å². The molecule has 5 nitrogen and oxygen atoms in total. The van der Waals surface area contributed by atoms with Gasteiger partial charge in [-0.05, 0) is 31.2 Å². The van der Waals surface area contributed by atoms with Crippen LogP contribution in [0.3, 0.4) is 0 Å². The van der Waals surface area contributed by atoms with Gasteiger partial charge in [-0.25, -0.2) is 4.98 Å². The zero-order chi connectivity index (χ0) is 17.8. The summed E-state index contributed by atoms with van der Waals surface area (Å²) in [5, 5.41) is 3.32. The van der Waals surface area contributed by atoms with E-state index in [2.05, 4.69) is 10.3 Å².